The van der Waals surface area contributed by atoms with Gasteiger partial charge in [0.2, 0.25) is 10.0 Å². The lowest BCUT2D eigenvalue weighted by Crippen LogP contribution is -2.35. The number of nitrogens with zero attached hydrogens (tertiary/aromatic N) is 2. The van der Waals surface area contributed by atoms with E-state index in [1.807, 2.05) is 12.1 Å². The second-order valence-corrected chi connectivity index (χ2v) is 9.43. The summed E-state index contributed by atoms with van der Waals surface area (Å²) in [6.45, 7) is 4.35. The summed E-state index contributed by atoms with van der Waals surface area (Å²) in [5.41, 5.74) is 3.76. The molecule has 2 aromatic carbocycles. The van der Waals surface area contributed by atoms with Crippen molar-refractivity contribution in [3.8, 4) is 0 Å². The molecule has 0 saturated carbocycles. The Labute approximate surface area is 158 Å². The maximum absolute atomic E-state index is 13.6. The number of fused-ring (bicyclic) bond motifs is 2. The summed E-state index contributed by atoms with van der Waals surface area (Å²) in [5, 5.41) is 3.44. The highest BCUT2D eigenvalue weighted by Crippen LogP contribution is 2.46. The lowest BCUT2D eigenvalue weighted by Gasteiger charge is -2.29. The van der Waals surface area contributed by atoms with E-state index in [0.717, 1.165) is 35.2 Å². The number of aromatic nitrogens is 2. The normalized spacial score (nSPS) is 25.9. The van der Waals surface area contributed by atoms with Crippen molar-refractivity contribution in [1.29, 1.82) is 0 Å². The zero-order valence-electron chi connectivity index (χ0n) is 15.1. The lowest BCUT2D eigenvalue weighted by molar-refractivity contribution is 0.344. The first kappa shape index (κ1) is 16.9. The number of benzene rings is 2. The Hall–Kier alpha value is -2.22. The van der Waals surface area contributed by atoms with Crippen LogP contribution in [0.25, 0.3) is 11.0 Å². The molecule has 0 amide bonds. The summed E-state index contributed by atoms with van der Waals surface area (Å²) in [7, 11) is -3.61. The van der Waals surface area contributed by atoms with E-state index in [4.69, 9.17) is 0 Å². The van der Waals surface area contributed by atoms with Crippen LogP contribution in [-0.2, 0) is 10.0 Å². The first-order chi connectivity index (χ1) is 13.1. The van der Waals surface area contributed by atoms with Crippen molar-refractivity contribution < 1.29 is 8.42 Å². The predicted molar refractivity (Wildman–Crippen MR) is 104 cm³/mol. The molecule has 0 aliphatic carbocycles. The molecular weight excluding hydrogens is 360 g/mol. The van der Waals surface area contributed by atoms with Gasteiger partial charge in [-0.05, 0) is 54.6 Å². The SMILES string of the molecule is Cc1ccccc1[C@H]1[C@H]2CNC[C@H]2CN1S(=O)(=O)c1ccc2nc[nH]c2c1. The van der Waals surface area contributed by atoms with E-state index < -0.39 is 10.0 Å². The molecule has 2 N–H and O–H groups in total. The predicted octanol–water partition coefficient (Wildman–Crippen LogP) is 2.45. The van der Waals surface area contributed by atoms with Crippen LogP contribution in [0.4, 0.5) is 0 Å². The van der Waals surface area contributed by atoms with Crippen molar-refractivity contribution in [3.05, 3.63) is 59.9 Å². The van der Waals surface area contributed by atoms with Gasteiger partial charge in [0.05, 0.1) is 28.3 Å². The van der Waals surface area contributed by atoms with Gasteiger partial charge >= 0.3 is 0 Å². The summed E-state index contributed by atoms with van der Waals surface area (Å²) in [4.78, 5) is 7.52. The number of imidazole rings is 1. The van der Waals surface area contributed by atoms with E-state index in [2.05, 4.69) is 34.3 Å². The topological polar surface area (TPSA) is 78.1 Å². The van der Waals surface area contributed by atoms with E-state index in [9.17, 15) is 8.42 Å². The van der Waals surface area contributed by atoms with Crippen molar-refractivity contribution in [1.82, 2.24) is 19.6 Å². The Bertz CT molecular complexity index is 1110. The number of aromatic amines is 1. The van der Waals surface area contributed by atoms with Gasteiger partial charge in [-0.1, -0.05) is 24.3 Å². The Morgan fingerprint density at radius 1 is 1.15 bits per heavy atom. The second-order valence-electron chi connectivity index (χ2n) is 7.54. The standard InChI is InChI=1S/C20H22N4O2S/c1-13-4-2-3-5-16(13)20-17-10-21-9-14(17)11-24(20)27(25,26)15-6-7-18-19(8-15)23-12-22-18/h2-8,12,14,17,20-21H,9-11H2,1H3,(H,22,23)/t14-,17-,20-/m0/s1. The van der Waals surface area contributed by atoms with E-state index in [1.54, 1.807) is 28.8 Å². The van der Waals surface area contributed by atoms with Gasteiger partial charge in [-0.15, -0.1) is 0 Å². The third-order valence-electron chi connectivity index (χ3n) is 6.03. The molecule has 2 aliphatic rings. The van der Waals surface area contributed by atoms with Crippen LogP contribution in [0.2, 0.25) is 0 Å². The fraction of sp³-hybridized carbons (Fsp3) is 0.350. The highest BCUT2D eigenvalue weighted by molar-refractivity contribution is 7.89. The average Bonchev–Trinajstić information content (AvgIpc) is 3.37. The van der Waals surface area contributed by atoms with Crippen LogP contribution in [0.5, 0.6) is 0 Å². The van der Waals surface area contributed by atoms with Gasteiger partial charge < -0.3 is 10.3 Å². The minimum atomic E-state index is -3.61. The van der Waals surface area contributed by atoms with E-state index >= 15 is 0 Å². The van der Waals surface area contributed by atoms with Crippen molar-refractivity contribution in [2.24, 2.45) is 11.8 Å². The molecule has 3 heterocycles. The van der Waals surface area contributed by atoms with Gasteiger partial charge in [-0.2, -0.15) is 4.31 Å². The number of rotatable bonds is 3. The first-order valence-electron chi connectivity index (χ1n) is 9.27. The van der Waals surface area contributed by atoms with E-state index in [0.29, 0.717) is 23.3 Å². The average molecular weight is 382 g/mol. The van der Waals surface area contributed by atoms with E-state index in [-0.39, 0.29) is 6.04 Å². The molecule has 0 unspecified atom stereocenters. The van der Waals surface area contributed by atoms with Crippen LogP contribution in [0.3, 0.4) is 0 Å². The first-order valence-corrected chi connectivity index (χ1v) is 10.7. The number of sulfonamides is 1. The van der Waals surface area contributed by atoms with Crippen LogP contribution >= 0.6 is 0 Å². The van der Waals surface area contributed by atoms with Crippen molar-refractivity contribution in [2.45, 2.75) is 17.9 Å². The molecule has 7 heteroatoms. The molecule has 140 valence electrons. The van der Waals surface area contributed by atoms with Gasteiger partial charge in [-0.3, -0.25) is 0 Å². The minimum Gasteiger partial charge on any atom is -0.345 e. The number of nitrogens with one attached hydrogen (secondary N) is 2. The maximum Gasteiger partial charge on any atom is 0.243 e. The van der Waals surface area contributed by atoms with Gasteiger partial charge in [-0.25, -0.2) is 13.4 Å². The Morgan fingerprint density at radius 3 is 2.85 bits per heavy atom. The highest BCUT2D eigenvalue weighted by atomic mass is 32.2. The van der Waals surface area contributed by atoms with Crippen LogP contribution in [0.1, 0.15) is 17.2 Å². The molecule has 0 radical (unpaired) electrons. The fourth-order valence-electron chi connectivity index (χ4n) is 4.64. The number of hydrogen-bond acceptors (Lipinski definition) is 4. The number of hydrogen-bond donors (Lipinski definition) is 2. The van der Waals surface area contributed by atoms with E-state index in [1.165, 1.54) is 0 Å². The summed E-state index contributed by atoms with van der Waals surface area (Å²) >= 11 is 0. The van der Waals surface area contributed by atoms with Crippen LogP contribution in [0.15, 0.2) is 53.7 Å². The Kier molecular flexibility index (Phi) is 3.86. The Balaban J connectivity index is 1.62. The quantitative estimate of drug-likeness (QED) is 0.729. The monoisotopic (exact) mass is 382 g/mol. The van der Waals surface area contributed by atoms with Gasteiger partial charge in [0, 0.05) is 13.1 Å². The van der Waals surface area contributed by atoms with Crippen LogP contribution in [0, 0.1) is 18.8 Å². The molecule has 27 heavy (non-hydrogen) atoms. The minimum absolute atomic E-state index is 0.131. The molecule has 2 saturated heterocycles. The molecule has 6 nitrogen and oxygen atoms in total. The largest absolute Gasteiger partial charge is 0.345 e. The van der Waals surface area contributed by atoms with Gasteiger partial charge in [0.25, 0.3) is 0 Å². The summed E-state index contributed by atoms with van der Waals surface area (Å²) in [6, 6.07) is 13.1. The molecule has 0 spiro atoms. The molecular formula is C20H22N4O2S. The molecule has 3 atom stereocenters. The van der Waals surface area contributed by atoms with Crippen molar-refractivity contribution >= 4 is 21.1 Å². The molecule has 0 bridgehead atoms. The van der Waals surface area contributed by atoms with Gasteiger partial charge in [0.15, 0.2) is 0 Å². The van der Waals surface area contributed by atoms with Crippen molar-refractivity contribution in [2.75, 3.05) is 19.6 Å². The molecule has 1 aromatic heterocycles. The number of aryl methyl sites for hydroxylation is 1. The summed E-state index contributed by atoms with van der Waals surface area (Å²) in [6.07, 6.45) is 1.59. The third-order valence-corrected chi connectivity index (χ3v) is 7.87. The zero-order chi connectivity index (χ0) is 18.6. The summed E-state index contributed by atoms with van der Waals surface area (Å²) < 4.78 is 28.9. The highest BCUT2D eigenvalue weighted by Gasteiger charge is 2.50. The van der Waals surface area contributed by atoms with Crippen LogP contribution in [-0.4, -0.2) is 42.3 Å². The molecule has 3 aromatic rings. The molecule has 2 fully saturated rings. The summed E-state index contributed by atoms with van der Waals surface area (Å²) in [5.74, 6) is 0.650. The maximum atomic E-state index is 13.6. The Morgan fingerprint density at radius 2 is 2.00 bits per heavy atom. The van der Waals surface area contributed by atoms with Crippen LogP contribution < -0.4 is 5.32 Å². The molecule has 2 aliphatic heterocycles. The third kappa shape index (κ3) is 2.61. The number of H-pyrrole nitrogens is 1. The molecule has 5 rings (SSSR count). The fourth-order valence-corrected chi connectivity index (χ4v) is 6.38. The smallest absolute Gasteiger partial charge is 0.243 e. The zero-order valence-corrected chi connectivity index (χ0v) is 15.9. The van der Waals surface area contributed by atoms with Gasteiger partial charge in [0.1, 0.15) is 0 Å². The lowest BCUT2D eigenvalue weighted by atomic mass is 9.88. The van der Waals surface area contributed by atoms with Crippen molar-refractivity contribution in [3.63, 3.8) is 0 Å². The second kappa shape index (κ2) is 6.15.